The molecule has 5 heteroatoms. The van der Waals surface area contributed by atoms with E-state index in [-0.39, 0.29) is 5.92 Å². The summed E-state index contributed by atoms with van der Waals surface area (Å²) >= 11 is 0. The van der Waals surface area contributed by atoms with E-state index < -0.39 is 0 Å². The molecule has 96 valence electrons. The van der Waals surface area contributed by atoms with Crippen molar-refractivity contribution in [2.75, 3.05) is 13.2 Å². The first kappa shape index (κ1) is 11.5. The van der Waals surface area contributed by atoms with Crippen molar-refractivity contribution in [3.63, 3.8) is 0 Å². The van der Waals surface area contributed by atoms with Crippen LogP contribution in [-0.4, -0.2) is 27.9 Å². The number of nitrogens with zero attached hydrogens (tertiary/aromatic N) is 3. The first-order valence-corrected chi connectivity index (χ1v) is 6.21. The molecular weight excluding hydrogens is 230 g/mol. The van der Waals surface area contributed by atoms with Crippen molar-refractivity contribution in [1.29, 1.82) is 0 Å². The van der Waals surface area contributed by atoms with Crippen LogP contribution >= 0.6 is 0 Å². The fourth-order valence-electron chi connectivity index (χ4n) is 2.32. The molecule has 0 bridgehead atoms. The lowest BCUT2D eigenvalue weighted by Gasteiger charge is -1.99. The highest BCUT2D eigenvalue weighted by molar-refractivity contribution is 5.58. The van der Waals surface area contributed by atoms with E-state index in [1.54, 1.807) is 0 Å². The fraction of sp³-hybridized carbons (Fsp3) is 0.538. The van der Waals surface area contributed by atoms with Crippen molar-refractivity contribution in [2.45, 2.75) is 26.2 Å². The number of hydrogen-bond acceptors (Lipinski definition) is 4. The van der Waals surface area contributed by atoms with Gasteiger partial charge in [0, 0.05) is 31.0 Å². The van der Waals surface area contributed by atoms with Crippen LogP contribution in [0.3, 0.4) is 0 Å². The second-order valence-corrected chi connectivity index (χ2v) is 4.86. The first-order chi connectivity index (χ1) is 8.66. The molecule has 0 aromatic carbocycles. The average molecular weight is 247 g/mol. The SMILES string of the molecule is Cc1cc(-c2nc(C3CCOC3)no2)c(C)n1C. The van der Waals surface area contributed by atoms with E-state index in [0.717, 1.165) is 30.1 Å². The van der Waals surface area contributed by atoms with Gasteiger partial charge in [-0.15, -0.1) is 0 Å². The highest BCUT2D eigenvalue weighted by Crippen LogP contribution is 2.28. The van der Waals surface area contributed by atoms with Gasteiger partial charge in [0.05, 0.1) is 12.2 Å². The summed E-state index contributed by atoms with van der Waals surface area (Å²) in [5.74, 6) is 1.66. The number of ether oxygens (including phenoxy) is 1. The monoisotopic (exact) mass is 247 g/mol. The maximum Gasteiger partial charge on any atom is 0.259 e. The zero-order valence-corrected chi connectivity index (χ0v) is 10.9. The van der Waals surface area contributed by atoms with Crippen molar-refractivity contribution >= 4 is 0 Å². The molecule has 1 saturated heterocycles. The second-order valence-electron chi connectivity index (χ2n) is 4.86. The molecule has 3 rings (SSSR count). The molecule has 0 aliphatic carbocycles. The maximum atomic E-state index is 5.38. The molecular formula is C13H17N3O2. The normalized spacial score (nSPS) is 19.6. The molecule has 2 aromatic heterocycles. The largest absolute Gasteiger partial charge is 0.381 e. The lowest BCUT2D eigenvalue weighted by atomic mass is 10.1. The van der Waals surface area contributed by atoms with Crippen LogP contribution in [0, 0.1) is 13.8 Å². The fourth-order valence-corrected chi connectivity index (χ4v) is 2.32. The molecule has 0 radical (unpaired) electrons. The molecule has 1 aliphatic rings. The summed E-state index contributed by atoms with van der Waals surface area (Å²) in [5, 5.41) is 4.08. The van der Waals surface area contributed by atoms with E-state index in [2.05, 4.69) is 34.6 Å². The Bertz CT molecular complexity index is 565. The Morgan fingerprint density at radius 1 is 1.39 bits per heavy atom. The lowest BCUT2D eigenvalue weighted by molar-refractivity contribution is 0.192. The molecule has 1 fully saturated rings. The van der Waals surface area contributed by atoms with Gasteiger partial charge >= 0.3 is 0 Å². The quantitative estimate of drug-likeness (QED) is 0.816. The lowest BCUT2D eigenvalue weighted by Crippen LogP contribution is -1.99. The van der Waals surface area contributed by atoms with Crippen LogP contribution in [0.4, 0.5) is 0 Å². The van der Waals surface area contributed by atoms with E-state index in [9.17, 15) is 0 Å². The van der Waals surface area contributed by atoms with Crippen molar-refractivity contribution in [1.82, 2.24) is 14.7 Å². The molecule has 1 unspecified atom stereocenters. The van der Waals surface area contributed by atoms with Gasteiger partial charge in [-0.1, -0.05) is 5.16 Å². The van der Waals surface area contributed by atoms with Crippen LogP contribution in [0.25, 0.3) is 11.5 Å². The van der Waals surface area contributed by atoms with Gasteiger partial charge in [-0.05, 0) is 26.3 Å². The Kier molecular flexibility index (Phi) is 2.70. The van der Waals surface area contributed by atoms with Gasteiger partial charge < -0.3 is 13.8 Å². The van der Waals surface area contributed by atoms with Crippen LogP contribution in [-0.2, 0) is 11.8 Å². The van der Waals surface area contributed by atoms with Crippen LogP contribution in [0.2, 0.25) is 0 Å². The van der Waals surface area contributed by atoms with Gasteiger partial charge in [-0.3, -0.25) is 0 Å². The molecule has 0 saturated carbocycles. The summed E-state index contributed by atoms with van der Waals surface area (Å²) in [6.07, 6.45) is 0.978. The molecule has 1 aliphatic heterocycles. The Morgan fingerprint density at radius 2 is 2.22 bits per heavy atom. The average Bonchev–Trinajstić information content (AvgIpc) is 3.05. The minimum Gasteiger partial charge on any atom is -0.381 e. The van der Waals surface area contributed by atoms with E-state index in [1.165, 1.54) is 5.69 Å². The predicted molar refractivity (Wildman–Crippen MR) is 66.4 cm³/mol. The van der Waals surface area contributed by atoms with Crippen LogP contribution in [0.15, 0.2) is 10.6 Å². The van der Waals surface area contributed by atoms with Crippen LogP contribution in [0.5, 0.6) is 0 Å². The zero-order chi connectivity index (χ0) is 12.7. The zero-order valence-electron chi connectivity index (χ0n) is 10.9. The van der Waals surface area contributed by atoms with Crippen molar-refractivity contribution in [3.05, 3.63) is 23.3 Å². The Hall–Kier alpha value is -1.62. The molecule has 0 spiro atoms. The summed E-state index contributed by atoms with van der Waals surface area (Å²) in [5.41, 5.74) is 3.35. The van der Waals surface area contributed by atoms with Gasteiger partial charge in [0.15, 0.2) is 5.82 Å². The molecule has 18 heavy (non-hydrogen) atoms. The van der Waals surface area contributed by atoms with Gasteiger partial charge in [0.1, 0.15) is 0 Å². The summed E-state index contributed by atoms with van der Waals surface area (Å²) in [7, 11) is 2.04. The molecule has 3 heterocycles. The van der Waals surface area contributed by atoms with Gasteiger partial charge in [-0.25, -0.2) is 0 Å². The van der Waals surface area contributed by atoms with Gasteiger partial charge in [0.2, 0.25) is 0 Å². The molecule has 1 atom stereocenters. The minimum absolute atomic E-state index is 0.285. The molecule has 2 aromatic rings. The van der Waals surface area contributed by atoms with Crippen molar-refractivity contribution in [3.8, 4) is 11.5 Å². The molecule has 0 N–H and O–H groups in total. The molecule has 0 amide bonds. The predicted octanol–water partition coefficient (Wildman–Crippen LogP) is 2.20. The Labute approximate surface area is 106 Å². The summed E-state index contributed by atoms with van der Waals surface area (Å²) < 4.78 is 12.9. The highest BCUT2D eigenvalue weighted by Gasteiger charge is 2.24. The minimum atomic E-state index is 0.285. The van der Waals surface area contributed by atoms with Crippen molar-refractivity contribution in [2.24, 2.45) is 7.05 Å². The number of rotatable bonds is 2. The van der Waals surface area contributed by atoms with Crippen LogP contribution < -0.4 is 0 Å². The number of hydrogen-bond donors (Lipinski definition) is 0. The second kappa shape index (κ2) is 4.24. The van der Waals surface area contributed by atoms with Gasteiger partial charge in [0.25, 0.3) is 5.89 Å². The van der Waals surface area contributed by atoms with E-state index >= 15 is 0 Å². The Balaban J connectivity index is 1.94. The van der Waals surface area contributed by atoms with E-state index in [4.69, 9.17) is 9.26 Å². The topological polar surface area (TPSA) is 53.1 Å². The van der Waals surface area contributed by atoms with Crippen LogP contribution in [0.1, 0.15) is 29.6 Å². The standard InChI is InChI=1S/C13H17N3O2/c1-8-6-11(9(2)16(8)3)13-14-12(15-18-13)10-4-5-17-7-10/h6,10H,4-5,7H2,1-3H3. The third kappa shape index (κ3) is 1.75. The van der Waals surface area contributed by atoms with E-state index in [1.807, 2.05) is 7.05 Å². The maximum absolute atomic E-state index is 5.38. The Morgan fingerprint density at radius 3 is 2.83 bits per heavy atom. The summed E-state index contributed by atoms with van der Waals surface area (Å²) in [6.45, 7) is 5.62. The number of aromatic nitrogens is 3. The van der Waals surface area contributed by atoms with Gasteiger partial charge in [-0.2, -0.15) is 4.98 Å². The summed E-state index contributed by atoms with van der Waals surface area (Å²) in [4.78, 5) is 4.51. The highest BCUT2D eigenvalue weighted by atomic mass is 16.5. The summed E-state index contributed by atoms with van der Waals surface area (Å²) in [6, 6.07) is 2.08. The van der Waals surface area contributed by atoms with E-state index in [0.29, 0.717) is 12.5 Å². The number of aryl methyl sites for hydroxylation is 1. The van der Waals surface area contributed by atoms with Crippen molar-refractivity contribution < 1.29 is 9.26 Å². The smallest absolute Gasteiger partial charge is 0.259 e. The third-order valence-electron chi connectivity index (χ3n) is 3.74. The molecule has 5 nitrogen and oxygen atoms in total. The first-order valence-electron chi connectivity index (χ1n) is 6.21. The third-order valence-corrected chi connectivity index (χ3v) is 3.74.